The molecule has 0 saturated heterocycles. The lowest BCUT2D eigenvalue weighted by Gasteiger charge is -2.34. The van der Waals surface area contributed by atoms with Gasteiger partial charge in [0, 0.05) is 28.3 Å². The largest absolute Gasteiger partial charge is 0.497 e. The Kier molecular flexibility index (Phi) is 5.03. The molecule has 0 N–H and O–H groups in total. The van der Waals surface area contributed by atoms with Crippen molar-refractivity contribution in [2.75, 3.05) is 20.5 Å². The molecule has 4 aromatic rings. The molecule has 3 heterocycles. The van der Waals surface area contributed by atoms with Crippen molar-refractivity contribution in [1.82, 2.24) is 4.48 Å². The van der Waals surface area contributed by atoms with Crippen LogP contribution >= 0.6 is 0 Å². The van der Waals surface area contributed by atoms with Crippen LogP contribution in [0.3, 0.4) is 0 Å². The van der Waals surface area contributed by atoms with Crippen molar-refractivity contribution < 1.29 is 23.7 Å². The lowest BCUT2D eigenvalue weighted by atomic mass is 9.77. The lowest BCUT2D eigenvalue weighted by Crippen LogP contribution is -2.56. The van der Waals surface area contributed by atoms with Crippen molar-refractivity contribution in [3.8, 4) is 23.0 Å². The molecule has 4 aromatic carbocycles. The molecule has 6 heteroatoms. The molecule has 2 radical (unpaired) electrons. The van der Waals surface area contributed by atoms with E-state index in [2.05, 4.69) is 12.1 Å². The topological polar surface area (TPSA) is 54.0 Å². The van der Waals surface area contributed by atoms with Crippen LogP contribution in [0.15, 0.2) is 84.9 Å². The monoisotopic (exact) mass is 504 g/mol. The molecule has 0 aromatic heterocycles. The Balaban J connectivity index is 1.43. The van der Waals surface area contributed by atoms with Crippen LogP contribution in [0.25, 0.3) is 0 Å². The van der Waals surface area contributed by atoms with E-state index < -0.39 is 5.41 Å². The molecule has 0 fully saturated rings. The Labute approximate surface area is 221 Å². The van der Waals surface area contributed by atoms with Crippen LogP contribution in [0.5, 0.6) is 23.0 Å². The maximum Gasteiger partial charge on any atom is 0.338 e. The van der Waals surface area contributed by atoms with Crippen LogP contribution in [0.4, 0.5) is 5.69 Å². The summed E-state index contributed by atoms with van der Waals surface area (Å²) in [6.45, 7) is 7.33. The summed E-state index contributed by atoms with van der Waals surface area (Å²) in [5, 5.41) is 0. The number of benzene rings is 4. The first kappa shape index (κ1) is 22.9. The maximum absolute atomic E-state index is 15.1. The standard InChI is InChI=1S/C32H26NO5/c1-21-7-9-22(10-8-21)17-33(18-23-11-13-24(35-2)14-12-23)27-6-4-3-5-25(27)32(31(33)34)19-36-28-16-30-29(15-26(28)32)37-20-38-30/h1,3-16H,17-20H2,2H3/q+1. The molecule has 0 saturated carbocycles. The number of hydrogen-bond acceptors (Lipinski definition) is 5. The highest BCUT2D eigenvalue weighted by Gasteiger charge is 2.66. The number of amides is 1. The van der Waals surface area contributed by atoms with E-state index in [1.165, 1.54) is 0 Å². The minimum Gasteiger partial charge on any atom is -0.497 e. The van der Waals surface area contributed by atoms with E-state index in [4.69, 9.17) is 25.9 Å². The van der Waals surface area contributed by atoms with Gasteiger partial charge in [-0.05, 0) is 48.9 Å². The number of nitrogens with zero attached hydrogens (tertiary/aromatic N) is 1. The summed E-state index contributed by atoms with van der Waals surface area (Å²) in [7, 11) is 1.65. The highest BCUT2D eigenvalue weighted by Crippen LogP contribution is 2.58. The van der Waals surface area contributed by atoms with Crippen molar-refractivity contribution in [3.63, 3.8) is 0 Å². The maximum atomic E-state index is 15.1. The second kappa shape index (κ2) is 8.36. The molecule has 3 aliphatic rings. The summed E-state index contributed by atoms with van der Waals surface area (Å²) in [5.41, 5.74) is 4.54. The smallest absolute Gasteiger partial charge is 0.338 e. The fourth-order valence-electron chi connectivity index (χ4n) is 6.18. The van der Waals surface area contributed by atoms with Crippen molar-refractivity contribution in [2.24, 2.45) is 0 Å². The second-order valence-electron chi connectivity index (χ2n) is 10.1. The third-order valence-electron chi connectivity index (χ3n) is 8.00. The normalized spacial score (nSPS) is 22.3. The Bertz CT molecular complexity index is 1560. The number of carbonyl (C=O) groups excluding carboxylic acids is 1. The summed E-state index contributed by atoms with van der Waals surface area (Å²) in [4.78, 5) is 15.1. The van der Waals surface area contributed by atoms with Crippen LogP contribution in [0, 0.1) is 6.92 Å². The van der Waals surface area contributed by atoms with E-state index in [1.54, 1.807) is 7.11 Å². The molecule has 1 spiro atoms. The van der Waals surface area contributed by atoms with Crippen molar-refractivity contribution in [3.05, 3.63) is 120 Å². The average Bonchev–Trinajstić information content (AvgIpc) is 3.61. The van der Waals surface area contributed by atoms with E-state index >= 15 is 4.79 Å². The van der Waals surface area contributed by atoms with Gasteiger partial charge in [-0.1, -0.05) is 42.5 Å². The first-order valence-electron chi connectivity index (χ1n) is 12.6. The summed E-state index contributed by atoms with van der Waals surface area (Å²) < 4.78 is 23.0. The average molecular weight is 505 g/mol. The number of quaternary nitrogens is 1. The van der Waals surface area contributed by atoms with Gasteiger partial charge in [0.15, 0.2) is 16.9 Å². The van der Waals surface area contributed by atoms with Gasteiger partial charge in [-0.2, -0.15) is 0 Å². The fraction of sp³-hybridized carbons (Fsp3) is 0.188. The third-order valence-corrected chi connectivity index (χ3v) is 8.00. The first-order chi connectivity index (χ1) is 18.5. The molecular weight excluding hydrogens is 478 g/mol. The van der Waals surface area contributed by atoms with E-state index in [9.17, 15) is 0 Å². The Hall–Kier alpha value is -4.29. The zero-order chi connectivity index (χ0) is 25.9. The highest BCUT2D eigenvalue weighted by atomic mass is 16.7. The highest BCUT2D eigenvalue weighted by molar-refractivity contribution is 6.08. The van der Waals surface area contributed by atoms with Gasteiger partial charge >= 0.3 is 5.91 Å². The first-order valence-corrected chi connectivity index (χ1v) is 12.6. The van der Waals surface area contributed by atoms with Crippen LogP contribution in [-0.4, -0.2) is 26.4 Å². The molecular formula is C32H26NO5+. The van der Waals surface area contributed by atoms with Crippen molar-refractivity contribution in [1.29, 1.82) is 0 Å². The van der Waals surface area contributed by atoms with E-state index in [0.717, 1.165) is 33.7 Å². The molecule has 38 heavy (non-hydrogen) atoms. The summed E-state index contributed by atoms with van der Waals surface area (Å²) in [5.74, 6) is 2.79. The second-order valence-corrected chi connectivity index (χ2v) is 10.1. The minimum atomic E-state index is -0.965. The lowest BCUT2D eigenvalue weighted by molar-refractivity contribution is -0.134. The number of rotatable bonds is 5. The number of fused-ring (bicyclic) bond motifs is 5. The van der Waals surface area contributed by atoms with Gasteiger partial charge in [0.05, 0.1) is 7.11 Å². The number of carbonyl (C=O) groups is 1. The fourth-order valence-corrected chi connectivity index (χ4v) is 6.18. The van der Waals surface area contributed by atoms with Crippen LogP contribution < -0.4 is 23.4 Å². The quantitative estimate of drug-likeness (QED) is 0.340. The van der Waals surface area contributed by atoms with Gasteiger partial charge in [0.25, 0.3) is 0 Å². The SMILES string of the molecule is [CH]c1ccc(C[N+]2(Cc3ccc(OC)cc3)C(=O)C3(COc4cc5c(cc43)OCO5)c3ccccc32)cc1. The third kappa shape index (κ3) is 3.20. The van der Waals surface area contributed by atoms with Gasteiger partial charge < -0.3 is 18.9 Å². The van der Waals surface area contributed by atoms with Gasteiger partial charge in [-0.3, -0.25) is 0 Å². The Morgan fingerprint density at radius 1 is 0.816 bits per heavy atom. The number of methoxy groups -OCH3 is 1. The van der Waals surface area contributed by atoms with Crippen LogP contribution in [0.2, 0.25) is 0 Å². The summed E-state index contributed by atoms with van der Waals surface area (Å²) in [6.07, 6.45) is 0. The molecule has 3 aliphatic heterocycles. The van der Waals surface area contributed by atoms with Crippen LogP contribution in [0.1, 0.15) is 27.8 Å². The zero-order valence-electron chi connectivity index (χ0n) is 21.0. The van der Waals surface area contributed by atoms with Gasteiger partial charge in [0.1, 0.15) is 36.9 Å². The number of para-hydroxylation sites is 1. The minimum absolute atomic E-state index is 0.0731. The molecule has 2 unspecified atom stereocenters. The molecule has 7 rings (SSSR count). The summed E-state index contributed by atoms with van der Waals surface area (Å²) in [6, 6.07) is 27.6. The van der Waals surface area contributed by atoms with Crippen molar-refractivity contribution in [2.45, 2.75) is 18.5 Å². The predicted molar refractivity (Wildman–Crippen MR) is 142 cm³/mol. The predicted octanol–water partition coefficient (Wildman–Crippen LogP) is 5.41. The molecule has 1 amide bonds. The van der Waals surface area contributed by atoms with Gasteiger partial charge in [0.2, 0.25) is 6.79 Å². The summed E-state index contributed by atoms with van der Waals surface area (Å²) >= 11 is 0. The molecule has 0 bridgehead atoms. The van der Waals surface area contributed by atoms with Gasteiger partial charge in [-0.25, -0.2) is 9.28 Å². The molecule has 6 nitrogen and oxygen atoms in total. The zero-order valence-corrected chi connectivity index (χ0v) is 21.0. The molecule has 2 atom stereocenters. The van der Waals surface area contributed by atoms with E-state index in [1.807, 2.05) is 72.8 Å². The van der Waals surface area contributed by atoms with Crippen molar-refractivity contribution >= 4 is 11.6 Å². The number of ether oxygens (including phenoxy) is 4. The van der Waals surface area contributed by atoms with E-state index in [0.29, 0.717) is 35.9 Å². The van der Waals surface area contributed by atoms with Crippen LogP contribution in [-0.2, 0) is 23.3 Å². The Morgan fingerprint density at radius 3 is 2.18 bits per heavy atom. The number of hydrogen-bond donors (Lipinski definition) is 0. The van der Waals surface area contributed by atoms with E-state index in [-0.39, 0.29) is 23.8 Å². The molecule has 188 valence electrons. The van der Waals surface area contributed by atoms with Gasteiger partial charge in [-0.15, -0.1) is 0 Å². The molecule has 0 aliphatic carbocycles. The Morgan fingerprint density at radius 2 is 1.47 bits per heavy atom.